The Bertz CT molecular complexity index is 378. The van der Waals surface area contributed by atoms with Gasteiger partial charge in [-0.1, -0.05) is 24.6 Å². The molecule has 0 radical (unpaired) electrons. The van der Waals surface area contributed by atoms with Crippen molar-refractivity contribution in [3.63, 3.8) is 0 Å². The molecule has 0 bridgehead atoms. The summed E-state index contributed by atoms with van der Waals surface area (Å²) in [6, 6.07) is 4.98. The summed E-state index contributed by atoms with van der Waals surface area (Å²) in [4.78, 5) is 0. The van der Waals surface area contributed by atoms with Gasteiger partial charge in [-0.2, -0.15) is 0 Å². The highest BCUT2D eigenvalue weighted by Gasteiger charge is 2.39. The molecule has 96 valence electrons. The monoisotopic (exact) mass is 277 g/mol. The van der Waals surface area contributed by atoms with Crippen LogP contribution in [0.5, 0.6) is 0 Å². The molecule has 1 aliphatic rings. The highest BCUT2D eigenvalue weighted by molar-refractivity contribution is 6.30. The van der Waals surface area contributed by atoms with Gasteiger partial charge < -0.3 is 5.32 Å². The van der Waals surface area contributed by atoms with E-state index < -0.39 is 0 Å². The summed E-state index contributed by atoms with van der Waals surface area (Å²) in [5, 5.41) is 3.58. The zero-order valence-electron chi connectivity index (χ0n) is 9.93. The Balaban J connectivity index is 0.00000144. The molecular weight excluding hydrogens is 260 g/mol. The summed E-state index contributed by atoms with van der Waals surface area (Å²) in [6.45, 7) is 3.99. The van der Waals surface area contributed by atoms with Gasteiger partial charge >= 0.3 is 0 Å². The Morgan fingerprint density at radius 2 is 2.12 bits per heavy atom. The smallest absolute Gasteiger partial charge is 0.142 e. The molecule has 1 aromatic rings. The fraction of sp³-hybridized carbons (Fsp3) is 0.538. The lowest BCUT2D eigenvalue weighted by molar-refractivity contribution is 0.443. The Labute approximate surface area is 113 Å². The molecule has 1 aliphatic carbocycles. The molecule has 1 aromatic carbocycles. The molecule has 17 heavy (non-hydrogen) atoms. The van der Waals surface area contributed by atoms with Gasteiger partial charge in [-0.25, -0.2) is 4.39 Å². The summed E-state index contributed by atoms with van der Waals surface area (Å²) in [6.07, 6.45) is 3.88. The molecule has 0 unspecified atom stereocenters. The number of nitrogens with one attached hydrogen (secondary N) is 1. The standard InChI is InChI=1S/C13H17ClFN.ClH/c1-2-13(5-6-13)9-16-8-10-3-4-11(14)12(15)7-10;/h3-4,7,16H,2,5-6,8-9H2,1H3;1H. The minimum Gasteiger partial charge on any atom is -0.312 e. The minimum atomic E-state index is -0.336. The molecule has 0 spiro atoms. The first-order chi connectivity index (χ1) is 7.65. The molecule has 0 amide bonds. The fourth-order valence-corrected chi connectivity index (χ4v) is 2.07. The minimum absolute atomic E-state index is 0. The van der Waals surface area contributed by atoms with E-state index in [4.69, 9.17) is 11.6 Å². The third kappa shape index (κ3) is 3.84. The first-order valence-electron chi connectivity index (χ1n) is 5.80. The molecule has 1 nitrogen and oxygen atoms in total. The second-order valence-corrected chi connectivity index (χ2v) is 5.11. The average molecular weight is 278 g/mol. The van der Waals surface area contributed by atoms with Crippen LogP contribution in [-0.2, 0) is 6.54 Å². The van der Waals surface area contributed by atoms with E-state index in [2.05, 4.69) is 12.2 Å². The Hall–Kier alpha value is -0.310. The van der Waals surface area contributed by atoms with Crippen LogP contribution in [0.15, 0.2) is 18.2 Å². The maximum absolute atomic E-state index is 13.2. The highest BCUT2D eigenvalue weighted by Crippen LogP contribution is 2.47. The Kier molecular flexibility index (Phi) is 5.23. The predicted molar refractivity (Wildman–Crippen MR) is 72.3 cm³/mol. The van der Waals surface area contributed by atoms with Crippen LogP contribution in [-0.4, -0.2) is 6.54 Å². The average Bonchev–Trinajstić information content (AvgIpc) is 3.04. The summed E-state index contributed by atoms with van der Waals surface area (Å²) < 4.78 is 13.2. The van der Waals surface area contributed by atoms with E-state index in [1.165, 1.54) is 25.3 Å². The summed E-state index contributed by atoms with van der Waals surface area (Å²) in [7, 11) is 0. The SMILES string of the molecule is CCC1(CNCc2ccc(Cl)c(F)c2)CC1.Cl. The van der Waals surface area contributed by atoms with Crippen LogP contribution in [0.3, 0.4) is 0 Å². The Morgan fingerprint density at radius 1 is 1.41 bits per heavy atom. The lowest BCUT2D eigenvalue weighted by Crippen LogP contribution is -2.23. The third-order valence-electron chi connectivity index (χ3n) is 3.52. The van der Waals surface area contributed by atoms with Gasteiger partial charge in [-0.05, 0) is 42.4 Å². The number of hydrogen-bond donors (Lipinski definition) is 1. The van der Waals surface area contributed by atoms with Gasteiger partial charge in [0.25, 0.3) is 0 Å². The van der Waals surface area contributed by atoms with Gasteiger partial charge in [0.1, 0.15) is 5.82 Å². The molecule has 0 aromatic heterocycles. The molecule has 1 fully saturated rings. The van der Waals surface area contributed by atoms with Crippen molar-refractivity contribution >= 4 is 24.0 Å². The van der Waals surface area contributed by atoms with Crippen LogP contribution in [0.25, 0.3) is 0 Å². The predicted octanol–water partition coefficient (Wildman–Crippen LogP) is 4.18. The highest BCUT2D eigenvalue weighted by atomic mass is 35.5. The maximum Gasteiger partial charge on any atom is 0.142 e. The van der Waals surface area contributed by atoms with Gasteiger partial charge in [0.2, 0.25) is 0 Å². The van der Waals surface area contributed by atoms with Gasteiger partial charge in [0.15, 0.2) is 0 Å². The van der Waals surface area contributed by atoms with Crippen LogP contribution < -0.4 is 5.32 Å². The zero-order valence-corrected chi connectivity index (χ0v) is 11.5. The Morgan fingerprint density at radius 3 is 2.65 bits per heavy atom. The van der Waals surface area contributed by atoms with Crippen molar-refractivity contribution in [3.8, 4) is 0 Å². The molecule has 2 rings (SSSR count). The molecule has 0 saturated heterocycles. The van der Waals surface area contributed by atoms with Crippen molar-refractivity contribution in [1.82, 2.24) is 5.32 Å². The summed E-state index contributed by atoms with van der Waals surface area (Å²) in [5.74, 6) is -0.336. The lowest BCUT2D eigenvalue weighted by atomic mass is 10.0. The van der Waals surface area contributed by atoms with E-state index in [1.807, 2.05) is 6.07 Å². The van der Waals surface area contributed by atoms with Crippen molar-refractivity contribution in [3.05, 3.63) is 34.6 Å². The normalized spacial score (nSPS) is 16.4. The van der Waals surface area contributed by atoms with E-state index in [1.54, 1.807) is 6.07 Å². The summed E-state index contributed by atoms with van der Waals surface area (Å²) in [5.41, 5.74) is 1.49. The first kappa shape index (κ1) is 14.7. The lowest BCUT2D eigenvalue weighted by Gasteiger charge is -2.13. The summed E-state index contributed by atoms with van der Waals surface area (Å²) >= 11 is 5.62. The third-order valence-corrected chi connectivity index (χ3v) is 3.83. The van der Waals surface area contributed by atoms with Gasteiger partial charge in [0.05, 0.1) is 5.02 Å². The number of benzene rings is 1. The second kappa shape index (κ2) is 6.03. The van der Waals surface area contributed by atoms with Crippen LogP contribution in [0.2, 0.25) is 5.02 Å². The number of rotatable bonds is 5. The first-order valence-corrected chi connectivity index (χ1v) is 6.18. The van der Waals surface area contributed by atoms with E-state index in [0.717, 1.165) is 18.7 Å². The molecule has 4 heteroatoms. The number of halogens is 3. The van der Waals surface area contributed by atoms with Crippen molar-refractivity contribution in [1.29, 1.82) is 0 Å². The quantitative estimate of drug-likeness (QED) is 0.852. The van der Waals surface area contributed by atoms with Crippen molar-refractivity contribution in [2.24, 2.45) is 5.41 Å². The largest absolute Gasteiger partial charge is 0.312 e. The molecule has 0 heterocycles. The second-order valence-electron chi connectivity index (χ2n) is 4.71. The topological polar surface area (TPSA) is 12.0 Å². The van der Waals surface area contributed by atoms with E-state index in [-0.39, 0.29) is 23.2 Å². The molecule has 1 N–H and O–H groups in total. The van der Waals surface area contributed by atoms with E-state index >= 15 is 0 Å². The maximum atomic E-state index is 13.2. The van der Waals surface area contributed by atoms with Gasteiger partial charge in [0, 0.05) is 13.1 Å². The van der Waals surface area contributed by atoms with Gasteiger partial charge in [-0.15, -0.1) is 12.4 Å². The van der Waals surface area contributed by atoms with E-state index in [9.17, 15) is 4.39 Å². The number of hydrogen-bond acceptors (Lipinski definition) is 1. The molecule has 0 aliphatic heterocycles. The van der Waals surface area contributed by atoms with Crippen LogP contribution in [0, 0.1) is 11.2 Å². The van der Waals surface area contributed by atoms with Crippen molar-refractivity contribution in [2.45, 2.75) is 32.7 Å². The van der Waals surface area contributed by atoms with Crippen molar-refractivity contribution < 1.29 is 4.39 Å². The van der Waals surface area contributed by atoms with Crippen LogP contribution in [0.1, 0.15) is 31.7 Å². The van der Waals surface area contributed by atoms with Crippen LogP contribution in [0.4, 0.5) is 4.39 Å². The van der Waals surface area contributed by atoms with Crippen molar-refractivity contribution in [2.75, 3.05) is 6.54 Å². The zero-order chi connectivity index (χ0) is 11.6. The molecule has 1 saturated carbocycles. The molecule has 0 atom stereocenters. The van der Waals surface area contributed by atoms with E-state index in [0.29, 0.717) is 5.41 Å². The van der Waals surface area contributed by atoms with Crippen LogP contribution >= 0.6 is 24.0 Å². The fourth-order valence-electron chi connectivity index (χ4n) is 1.95. The molecular formula is C13H18Cl2FN. The van der Waals surface area contributed by atoms with Gasteiger partial charge in [-0.3, -0.25) is 0 Å².